The van der Waals surface area contributed by atoms with Gasteiger partial charge >= 0.3 is 0 Å². The molecule has 3 aromatic carbocycles. The maximum atomic E-state index is 13.4. The third-order valence-electron chi connectivity index (χ3n) is 6.72. The smallest absolute Gasteiger partial charge is 0.174 e. The van der Waals surface area contributed by atoms with Gasteiger partial charge in [0.2, 0.25) is 0 Å². The fourth-order valence-electron chi connectivity index (χ4n) is 4.74. The minimum atomic E-state index is -0.296. The lowest BCUT2D eigenvalue weighted by molar-refractivity contribution is 0.190. The lowest BCUT2D eigenvalue weighted by Gasteiger charge is -2.39. The van der Waals surface area contributed by atoms with Gasteiger partial charge in [-0.1, -0.05) is 32.0 Å². The number of halogens is 1. The zero-order valence-electron chi connectivity index (χ0n) is 21.3. The van der Waals surface area contributed by atoms with Crippen molar-refractivity contribution in [3.8, 4) is 17.2 Å². The molecule has 0 saturated heterocycles. The van der Waals surface area contributed by atoms with E-state index in [1.54, 1.807) is 26.4 Å². The second-order valence-corrected chi connectivity index (χ2v) is 9.11. The van der Waals surface area contributed by atoms with Crippen LogP contribution in [0.1, 0.15) is 42.1 Å². The Labute approximate surface area is 218 Å². The zero-order chi connectivity index (χ0) is 25.7. The summed E-state index contributed by atoms with van der Waals surface area (Å²) in [5, 5.41) is 4.22. The predicted molar refractivity (Wildman–Crippen MR) is 146 cm³/mol. The van der Waals surface area contributed by atoms with Crippen molar-refractivity contribution in [3.63, 3.8) is 0 Å². The molecule has 0 fully saturated rings. The molecular weight excluding hydrogens is 475 g/mol. The van der Waals surface area contributed by atoms with E-state index >= 15 is 0 Å². The number of methoxy groups -OCH3 is 2. The Morgan fingerprint density at radius 3 is 2.25 bits per heavy atom. The van der Waals surface area contributed by atoms with E-state index in [1.807, 2.05) is 12.1 Å². The van der Waals surface area contributed by atoms with Crippen LogP contribution in [0.25, 0.3) is 0 Å². The molecule has 0 aromatic heterocycles. The Balaban J connectivity index is 1.68. The number of ether oxygens (including phenoxy) is 3. The summed E-state index contributed by atoms with van der Waals surface area (Å²) < 4.78 is 30.7. The summed E-state index contributed by atoms with van der Waals surface area (Å²) in [6.45, 7) is 5.37. The third-order valence-corrected chi connectivity index (χ3v) is 7.05. The van der Waals surface area contributed by atoms with Crippen LogP contribution in [0.2, 0.25) is 0 Å². The van der Waals surface area contributed by atoms with E-state index in [2.05, 4.69) is 42.3 Å². The Kier molecular flexibility index (Phi) is 8.31. The normalized spacial score (nSPS) is 14.7. The minimum Gasteiger partial charge on any atom is -0.493 e. The second-order valence-electron chi connectivity index (χ2n) is 8.72. The summed E-state index contributed by atoms with van der Waals surface area (Å²) in [5.41, 5.74) is 5.80. The van der Waals surface area contributed by atoms with E-state index in [0.717, 1.165) is 37.1 Å². The number of anilines is 1. The van der Waals surface area contributed by atoms with Crippen LogP contribution in [0.15, 0.2) is 54.6 Å². The zero-order valence-corrected chi connectivity index (χ0v) is 22.1. The molecule has 0 radical (unpaired) electrons. The highest BCUT2D eigenvalue weighted by Crippen LogP contribution is 2.39. The maximum absolute atomic E-state index is 13.4. The van der Waals surface area contributed by atoms with Crippen molar-refractivity contribution < 1.29 is 18.6 Å². The molecule has 0 bridgehead atoms. The van der Waals surface area contributed by atoms with E-state index < -0.39 is 0 Å². The van der Waals surface area contributed by atoms with Crippen LogP contribution < -0.4 is 19.5 Å². The Bertz CT molecular complexity index is 1190. The van der Waals surface area contributed by atoms with Gasteiger partial charge in [0.1, 0.15) is 18.2 Å². The number of rotatable bonds is 8. The Hall–Kier alpha value is -3.32. The summed E-state index contributed by atoms with van der Waals surface area (Å²) >= 11 is 5.99. The summed E-state index contributed by atoms with van der Waals surface area (Å²) in [5.74, 6) is 1.67. The van der Waals surface area contributed by atoms with Gasteiger partial charge in [-0.3, -0.25) is 0 Å². The molecule has 1 N–H and O–H groups in total. The fourth-order valence-corrected chi connectivity index (χ4v) is 5.06. The lowest BCUT2D eigenvalue weighted by atomic mass is 9.92. The number of hydrogen-bond acceptors (Lipinski definition) is 4. The van der Waals surface area contributed by atoms with E-state index in [-0.39, 0.29) is 11.9 Å². The van der Waals surface area contributed by atoms with Gasteiger partial charge in [-0.15, -0.1) is 0 Å². The molecule has 1 aliphatic heterocycles. The number of nitrogens with zero attached hydrogens (tertiary/aromatic N) is 1. The van der Waals surface area contributed by atoms with E-state index in [9.17, 15) is 4.39 Å². The van der Waals surface area contributed by atoms with Crippen LogP contribution in [0.3, 0.4) is 0 Å². The highest BCUT2D eigenvalue weighted by Gasteiger charge is 2.32. The molecule has 0 saturated carbocycles. The van der Waals surface area contributed by atoms with Crippen LogP contribution in [0, 0.1) is 5.82 Å². The average Bonchev–Trinajstić information content (AvgIpc) is 2.91. The first kappa shape index (κ1) is 25.8. The first-order chi connectivity index (χ1) is 17.5. The van der Waals surface area contributed by atoms with Gasteiger partial charge in [0.05, 0.1) is 20.3 Å². The molecule has 0 aliphatic carbocycles. The first-order valence-electron chi connectivity index (χ1n) is 12.3. The Morgan fingerprint density at radius 1 is 1.00 bits per heavy atom. The van der Waals surface area contributed by atoms with Gasteiger partial charge in [-0.25, -0.2) is 4.39 Å². The van der Waals surface area contributed by atoms with Crippen molar-refractivity contribution in [1.29, 1.82) is 0 Å². The van der Waals surface area contributed by atoms with Crippen molar-refractivity contribution in [2.24, 2.45) is 0 Å². The average molecular weight is 509 g/mol. The summed E-state index contributed by atoms with van der Waals surface area (Å²) in [6.07, 6.45) is 2.63. The highest BCUT2D eigenvalue weighted by atomic mass is 32.1. The molecule has 1 aliphatic rings. The van der Waals surface area contributed by atoms with E-state index in [1.165, 1.54) is 28.8 Å². The van der Waals surface area contributed by atoms with Crippen LogP contribution in [-0.2, 0) is 19.3 Å². The lowest BCUT2D eigenvalue weighted by Crippen LogP contribution is -2.44. The monoisotopic (exact) mass is 508 g/mol. The van der Waals surface area contributed by atoms with Crippen LogP contribution in [-0.4, -0.2) is 37.4 Å². The number of benzene rings is 3. The largest absolute Gasteiger partial charge is 0.493 e. The summed E-state index contributed by atoms with van der Waals surface area (Å²) in [7, 11) is 3.28. The number of nitrogens with one attached hydrogen (secondary N) is 1. The van der Waals surface area contributed by atoms with Gasteiger partial charge in [-0.2, -0.15) is 0 Å². The molecule has 36 heavy (non-hydrogen) atoms. The van der Waals surface area contributed by atoms with E-state index in [0.29, 0.717) is 29.0 Å². The highest BCUT2D eigenvalue weighted by molar-refractivity contribution is 7.80. The second kappa shape index (κ2) is 11.6. The summed E-state index contributed by atoms with van der Waals surface area (Å²) in [4.78, 5) is 2.18. The quantitative estimate of drug-likeness (QED) is 0.358. The number of aryl methyl sites for hydroxylation is 2. The van der Waals surface area contributed by atoms with Crippen molar-refractivity contribution in [3.05, 3.63) is 82.7 Å². The SMILES string of the molecule is CCc1cccc(CC)c1NC(=S)N1CCc2cc(OC)c(OC)cc2[C@@H]1COc1ccc(F)cc1. The molecular formula is C29H33FN2O3S. The number of thiocarbonyl (C=S) groups is 1. The minimum absolute atomic E-state index is 0.169. The van der Waals surface area contributed by atoms with E-state index in [4.69, 9.17) is 26.4 Å². The third kappa shape index (κ3) is 5.41. The number of para-hydroxylation sites is 1. The van der Waals surface area contributed by atoms with Gasteiger partial charge in [0, 0.05) is 12.2 Å². The van der Waals surface area contributed by atoms with Crippen molar-refractivity contribution >= 4 is 23.0 Å². The predicted octanol–water partition coefficient (Wildman–Crippen LogP) is 6.34. The topological polar surface area (TPSA) is 43.0 Å². The van der Waals surface area contributed by atoms with Gasteiger partial charge in [0.15, 0.2) is 16.6 Å². The molecule has 3 aromatic rings. The van der Waals surface area contributed by atoms with Crippen molar-refractivity contribution in [2.45, 2.75) is 39.2 Å². The number of fused-ring (bicyclic) bond motifs is 1. The number of hydrogen-bond donors (Lipinski definition) is 1. The van der Waals surface area contributed by atoms with Gasteiger partial charge in [-0.05, 0) is 90.1 Å². The van der Waals surface area contributed by atoms with Gasteiger partial charge in [0.25, 0.3) is 0 Å². The molecule has 1 heterocycles. The van der Waals surface area contributed by atoms with Crippen LogP contribution >= 0.6 is 12.2 Å². The van der Waals surface area contributed by atoms with Crippen LogP contribution in [0.5, 0.6) is 17.2 Å². The molecule has 7 heteroatoms. The molecule has 190 valence electrons. The standard InChI is InChI=1S/C29H33FN2O3S/c1-5-19-8-7-9-20(6-2)28(19)31-29(36)32-15-14-21-16-26(33-3)27(34-4)17-24(21)25(32)18-35-23-12-10-22(30)11-13-23/h7-13,16-17,25H,5-6,14-15,18H2,1-4H3,(H,31,36)/t25-/m0/s1. The molecule has 5 nitrogen and oxygen atoms in total. The van der Waals surface area contributed by atoms with Crippen molar-refractivity contribution in [2.75, 3.05) is 32.7 Å². The fraction of sp³-hybridized carbons (Fsp3) is 0.345. The first-order valence-corrected chi connectivity index (χ1v) is 12.7. The Morgan fingerprint density at radius 2 is 1.64 bits per heavy atom. The van der Waals surface area contributed by atoms with Crippen LogP contribution in [0.4, 0.5) is 10.1 Å². The molecule has 1 atom stereocenters. The maximum Gasteiger partial charge on any atom is 0.174 e. The van der Waals surface area contributed by atoms with Crippen molar-refractivity contribution in [1.82, 2.24) is 4.90 Å². The molecule has 0 spiro atoms. The summed E-state index contributed by atoms with van der Waals surface area (Å²) in [6, 6.07) is 16.3. The molecule has 4 rings (SSSR count). The molecule has 0 unspecified atom stereocenters. The van der Waals surface area contributed by atoms with Gasteiger partial charge < -0.3 is 24.4 Å². The molecule has 0 amide bonds.